The minimum Gasteiger partial charge on any atom is -0.490 e. The van der Waals surface area contributed by atoms with Crippen LogP contribution in [-0.2, 0) is 4.74 Å². The Kier molecular flexibility index (Phi) is 3.63. The highest BCUT2D eigenvalue weighted by atomic mass is 16.5. The quantitative estimate of drug-likeness (QED) is 0.610. The Bertz CT molecular complexity index is 587. The minimum absolute atomic E-state index is 0.339. The van der Waals surface area contributed by atoms with Gasteiger partial charge in [-0.2, -0.15) is 0 Å². The minimum atomic E-state index is -0.339. The van der Waals surface area contributed by atoms with Crippen LogP contribution in [0.3, 0.4) is 0 Å². The van der Waals surface area contributed by atoms with Crippen molar-refractivity contribution in [2.24, 2.45) is 0 Å². The van der Waals surface area contributed by atoms with Crippen molar-refractivity contribution in [3.8, 4) is 5.75 Å². The van der Waals surface area contributed by atoms with Crippen molar-refractivity contribution in [3.05, 3.63) is 54.6 Å². The Morgan fingerprint density at radius 1 is 1.22 bits per heavy atom. The van der Waals surface area contributed by atoms with Crippen LogP contribution in [0.5, 0.6) is 5.75 Å². The Labute approximate surface area is 106 Å². The van der Waals surface area contributed by atoms with E-state index in [0.29, 0.717) is 12.2 Å². The molecule has 0 radical (unpaired) electrons. The first-order valence-electron chi connectivity index (χ1n) is 5.60. The average molecular weight is 242 g/mol. The molecule has 0 aliphatic heterocycles. The van der Waals surface area contributed by atoms with Crippen LogP contribution >= 0.6 is 0 Å². The maximum absolute atomic E-state index is 11.4. The topological polar surface area (TPSA) is 35.5 Å². The smallest absolute Gasteiger partial charge is 0.337 e. The lowest BCUT2D eigenvalue weighted by molar-refractivity contribution is 0.0601. The second-order valence-electron chi connectivity index (χ2n) is 3.81. The summed E-state index contributed by atoms with van der Waals surface area (Å²) < 4.78 is 10.2. The second-order valence-corrected chi connectivity index (χ2v) is 3.81. The SMILES string of the molecule is C=CCOc1ccc2ccc(C(=O)OC)cc2c1. The van der Waals surface area contributed by atoms with Crippen molar-refractivity contribution in [3.63, 3.8) is 0 Å². The van der Waals surface area contributed by atoms with Crippen LogP contribution in [0.2, 0.25) is 0 Å². The number of hydrogen-bond acceptors (Lipinski definition) is 3. The lowest BCUT2D eigenvalue weighted by atomic mass is 10.1. The van der Waals surface area contributed by atoms with Gasteiger partial charge in [-0.3, -0.25) is 0 Å². The van der Waals surface area contributed by atoms with Crippen LogP contribution in [0.25, 0.3) is 10.8 Å². The molecule has 0 N–H and O–H groups in total. The predicted octanol–water partition coefficient (Wildman–Crippen LogP) is 3.19. The summed E-state index contributed by atoms with van der Waals surface area (Å²) in [4.78, 5) is 11.4. The summed E-state index contributed by atoms with van der Waals surface area (Å²) in [5, 5.41) is 1.99. The normalized spacial score (nSPS) is 10.1. The number of benzene rings is 2. The fourth-order valence-electron chi connectivity index (χ4n) is 1.71. The molecule has 92 valence electrons. The van der Waals surface area contributed by atoms with Crippen molar-refractivity contribution >= 4 is 16.7 Å². The molecule has 3 heteroatoms. The number of carbonyl (C=O) groups is 1. The Balaban J connectivity index is 2.39. The zero-order valence-electron chi connectivity index (χ0n) is 10.2. The summed E-state index contributed by atoms with van der Waals surface area (Å²) in [6, 6.07) is 11.2. The highest BCUT2D eigenvalue weighted by molar-refractivity contribution is 5.95. The molecule has 0 aliphatic carbocycles. The molecule has 0 fully saturated rings. The monoisotopic (exact) mass is 242 g/mol. The van der Waals surface area contributed by atoms with Gasteiger partial charge in [-0.1, -0.05) is 24.8 Å². The summed E-state index contributed by atoms with van der Waals surface area (Å²) in [5.74, 6) is 0.415. The fourth-order valence-corrected chi connectivity index (χ4v) is 1.71. The van der Waals surface area contributed by atoms with Gasteiger partial charge in [0, 0.05) is 0 Å². The molecule has 2 aromatic rings. The number of rotatable bonds is 4. The summed E-state index contributed by atoms with van der Waals surface area (Å²) in [7, 11) is 1.37. The molecular weight excluding hydrogens is 228 g/mol. The third kappa shape index (κ3) is 2.51. The maximum atomic E-state index is 11.4. The van der Waals surface area contributed by atoms with E-state index in [-0.39, 0.29) is 5.97 Å². The molecule has 2 aromatic carbocycles. The van der Waals surface area contributed by atoms with Gasteiger partial charge in [0.15, 0.2) is 0 Å². The van der Waals surface area contributed by atoms with E-state index < -0.39 is 0 Å². The third-order valence-electron chi connectivity index (χ3n) is 2.60. The van der Waals surface area contributed by atoms with Gasteiger partial charge in [-0.15, -0.1) is 0 Å². The molecule has 0 spiro atoms. The van der Waals surface area contributed by atoms with Gasteiger partial charge in [0.2, 0.25) is 0 Å². The molecular formula is C15H14O3. The Morgan fingerprint density at radius 2 is 2.00 bits per heavy atom. The molecule has 0 saturated heterocycles. The van der Waals surface area contributed by atoms with Crippen LogP contribution in [-0.4, -0.2) is 19.7 Å². The van der Waals surface area contributed by atoms with E-state index >= 15 is 0 Å². The molecule has 0 bridgehead atoms. The lowest BCUT2D eigenvalue weighted by Gasteiger charge is -2.06. The van der Waals surface area contributed by atoms with Crippen molar-refractivity contribution in [1.82, 2.24) is 0 Å². The molecule has 0 saturated carbocycles. The zero-order chi connectivity index (χ0) is 13.0. The maximum Gasteiger partial charge on any atom is 0.337 e. The first kappa shape index (κ1) is 12.2. The van der Waals surface area contributed by atoms with Crippen LogP contribution in [0.1, 0.15) is 10.4 Å². The number of esters is 1. The van der Waals surface area contributed by atoms with E-state index in [2.05, 4.69) is 6.58 Å². The molecule has 0 unspecified atom stereocenters. The van der Waals surface area contributed by atoms with Crippen LogP contribution in [0, 0.1) is 0 Å². The van der Waals surface area contributed by atoms with Gasteiger partial charge in [-0.25, -0.2) is 4.79 Å². The summed E-state index contributed by atoms with van der Waals surface area (Å²) in [5.41, 5.74) is 0.533. The second kappa shape index (κ2) is 5.36. The standard InChI is InChI=1S/C15H14O3/c1-3-8-18-14-7-6-11-4-5-12(15(16)17-2)9-13(11)10-14/h3-7,9-10H,1,8H2,2H3. The average Bonchev–Trinajstić information content (AvgIpc) is 2.43. The third-order valence-corrected chi connectivity index (χ3v) is 2.60. The lowest BCUT2D eigenvalue weighted by Crippen LogP contribution is -2.00. The summed E-state index contributed by atoms with van der Waals surface area (Å²) in [6.45, 7) is 4.06. The number of ether oxygens (including phenoxy) is 2. The van der Waals surface area contributed by atoms with Gasteiger partial charge >= 0.3 is 5.97 Å². The van der Waals surface area contributed by atoms with E-state index in [1.807, 2.05) is 24.3 Å². The highest BCUT2D eigenvalue weighted by Crippen LogP contribution is 2.22. The molecule has 0 aliphatic rings. The molecule has 0 aromatic heterocycles. The molecule has 0 heterocycles. The predicted molar refractivity (Wildman–Crippen MR) is 71.0 cm³/mol. The molecule has 18 heavy (non-hydrogen) atoms. The van der Waals surface area contributed by atoms with Gasteiger partial charge in [0.25, 0.3) is 0 Å². The Hall–Kier alpha value is -2.29. The van der Waals surface area contributed by atoms with Crippen LogP contribution in [0.15, 0.2) is 49.1 Å². The number of hydrogen-bond donors (Lipinski definition) is 0. The first-order chi connectivity index (χ1) is 8.74. The van der Waals surface area contributed by atoms with Gasteiger partial charge in [-0.05, 0) is 35.0 Å². The van der Waals surface area contributed by atoms with Gasteiger partial charge in [0.1, 0.15) is 12.4 Å². The van der Waals surface area contributed by atoms with Crippen molar-refractivity contribution in [2.75, 3.05) is 13.7 Å². The Morgan fingerprint density at radius 3 is 2.72 bits per heavy atom. The van der Waals surface area contributed by atoms with E-state index in [1.54, 1.807) is 18.2 Å². The fraction of sp³-hybridized carbons (Fsp3) is 0.133. The zero-order valence-corrected chi connectivity index (χ0v) is 10.2. The summed E-state index contributed by atoms with van der Waals surface area (Å²) in [6.07, 6.45) is 1.69. The number of fused-ring (bicyclic) bond motifs is 1. The van der Waals surface area contributed by atoms with Crippen molar-refractivity contribution in [2.45, 2.75) is 0 Å². The first-order valence-corrected chi connectivity index (χ1v) is 5.60. The summed E-state index contributed by atoms with van der Waals surface area (Å²) >= 11 is 0. The van der Waals surface area contributed by atoms with Gasteiger partial charge in [0.05, 0.1) is 12.7 Å². The molecule has 3 nitrogen and oxygen atoms in total. The van der Waals surface area contributed by atoms with Crippen molar-refractivity contribution in [1.29, 1.82) is 0 Å². The molecule has 0 atom stereocenters. The molecule has 0 amide bonds. The van der Waals surface area contributed by atoms with E-state index in [1.165, 1.54) is 7.11 Å². The van der Waals surface area contributed by atoms with E-state index in [9.17, 15) is 4.79 Å². The van der Waals surface area contributed by atoms with E-state index in [4.69, 9.17) is 9.47 Å². The van der Waals surface area contributed by atoms with Crippen LogP contribution in [0.4, 0.5) is 0 Å². The number of carbonyl (C=O) groups excluding carboxylic acids is 1. The van der Waals surface area contributed by atoms with Crippen molar-refractivity contribution < 1.29 is 14.3 Å². The largest absolute Gasteiger partial charge is 0.490 e. The highest BCUT2D eigenvalue weighted by Gasteiger charge is 2.06. The van der Waals surface area contributed by atoms with Crippen LogP contribution < -0.4 is 4.74 Å². The van der Waals surface area contributed by atoms with E-state index in [0.717, 1.165) is 16.5 Å². The number of methoxy groups -OCH3 is 1. The molecule has 2 rings (SSSR count). The van der Waals surface area contributed by atoms with Gasteiger partial charge < -0.3 is 9.47 Å².